The number of rotatable bonds is 5. The van der Waals surface area contributed by atoms with Crippen LogP contribution in [-0.4, -0.2) is 24.6 Å². The van der Waals surface area contributed by atoms with E-state index in [0.717, 1.165) is 0 Å². The van der Waals surface area contributed by atoms with E-state index < -0.39 is 18.0 Å². The molecule has 0 aliphatic heterocycles. The molecule has 0 spiro atoms. The van der Waals surface area contributed by atoms with Crippen LogP contribution >= 0.6 is 0 Å². The molecule has 20 heavy (non-hydrogen) atoms. The molecule has 0 bridgehead atoms. The van der Waals surface area contributed by atoms with Crippen molar-refractivity contribution >= 4 is 18.0 Å². The molecule has 0 saturated heterocycles. The third kappa shape index (κ3) is 4.58. The van der Waals surface area contributed by atoms with Crippen LogP contribution < -0.4 is 0 Å². The number of nitriles is 1. The van der Waals surface area contributed by atoms with Crippen molar-refractivity contribution in [3.63, 3.8) is 0 Å². The molecule has 1 aromatic rings. The van der Waals surface area contributed by atoms with E-state index in [4.69, 9.17) is 14.7 Å². The van der Waals surface area contributed by atoms with Crippen molar-refractivity contribution in [2.24, 2.45) is 0 Å². The largest absolute Gasteiger partial charge is 0.463 e. The number of hydrogen-bond acceptors (Lipinski definition) is 5. The fraction of sp³-hybridized carbons (Fsp3) is 0.267. The molecule has 0 heterocycles. The van der Waals surface area contributed by atoms with Crippen LogP contribution in [0.3, 0.4) is 0 Å². The molecule has 0 saturated carbocycles. The minimum atomic E-state index is -1.05. The zero-order chi connectivity index (χ0) is 15.0. The van der Waals surface area contributed by atoms with Gasteiger partial charge in [0.05, 0.1) is 6.61 Å². The Labute approximate surface area is 117 Å². The van der Waals surface area contributed by atoms with Crippen LogP contribution in [0, 0.1) is 11.3 Å². The van der Waals surface area contributed by atoms with Gasteiger partial charge in [0.2, 0.25) is 0 Å². The number of ether oxygens (including phenoxy) is 2. The highest BCUT2D eigenvalue weighted by molar-refractivity contribution is 5.98. The molecule has 1 aromatic carbocycles. The first-order valence-corrected chi connectivity index (χ1v) is 6.13. The zero-order valence-corrected chi connectivity index (χ0v) is 11.3. The van der Waals surface area contributed by atoms with Gasteiger partial charge in [0.15, 0.2) is 6.10 Å². The topological polar surface area (TPSA) is 76.4 Å². The number of carbonyl (C=O) groups excluding carboxylic acids is 2. The number of nitrogens with zero attached hydrogens (tertiary/aromatic N) is 1. The molecule has 0 aromatic heterocycles. The maximum atomic E-state index is 11.8. The first-order chi connectivity index (χ1) is 9.58. The van der Waals surface area contributed by atoms with Gasteiger partial charge in [0, 0.05) is 0 Å². The highest BCUT2D eigenvalue weighted by Gasteiger charge is 2.21. The van der Waals surface area contributed by atoms with E-state index in [1.54, 1.807) is 37.3 Å². The maximum absolute atomic E-state index is 11.8. The highest BCUT2D eigenvalue weighted by Crippen LogP contribution is 2.09. The summed E-state index contributed by atoms with van der Waals surface area (Å²) >= 11 is 0. The summed E-state index contributed by atoms with van der Waals surface area (Å²) in [5.74, 6) is -1.49. The van der Waals surface area contributed by atoms with E-state index in [2.05, 4.69) is 0 Å². The molecule has 0 fully saturated rings. The Balaban J connectivity index is 2.77. The second-order valence-electron chi connectivity index (χ2n) is 3.88. The van der Waals surface area contributed by atoms with Crippen LogP contribution in [0.2, 0.25) is 0 Å². The first-order valence-electron chi connectivity index (χ1n) is 6.13. The molecule has 0 amide bonds. The zero-order valence-electron chi connectivity index (χ0n) is 11.3. The van der Waals surface area contributed by atoms with Gasteiger partial charge in [-0.1, -0.05) is 30.3 Å². The van der Waals surface area contributed by atoms with Gasteiger partial charge in [0.1, 0.15) is 11.6 Å². The van der Waals surface area contributed by atoms with Gasteiger partial charge in [-0.2, -0.15) is 5.26 Å². The normalized spacial score (nSPS) is 12.2. The molecule has 104 valence electrons. The lowest BCUT2D eigenvalue weighted by molar-refractivity contribution is -0.163. The summed E-state index contributed by atoms with van der Waals surface area (Å²) in [6.07, 6.45) is 0.357. The van der Waals surface area contributed by atoms with Gasteiger partial charge in [-0.15, -0.1) is 0 Å². The van der Waals surface area contributed by atoms with Gasteiger partial charge in [-0.25, -0.2) is 9.59 Å². The molecular weight excluding hydrogens is 258 g/mol. The minimum Gasteiger partial charge on any atom is -0.463 e. The molecule has 0 N–H and O–H groups in total. The van der Waals surface area contributed by atoms with E-state index in [1.165, 1.54) is 13.0 Å². The van der Waals surface area contributed by atoms with Crippen molar-refractivity contribution in [3.8, 4) is 6.07 Å². The van der Waals surface area contributed by atoms with E-state index in [0.29, 0.717) is 5.56 Å². The van der Waals surface area contributed by atoms with E-state index in [-0.39, 0.29) is 12.2 Å². The van der Waals surface area contributed by atoms with Gasteiger partial charge in [-0.3, -0.25) is 0 Å². The second-order valence-corrected chi connectivity index (χ2v) is 3.88. The quantitative estimate of drug-likeness (QED) is 0.466. The Morgan fingerprint density at radius 2 is 2.00 bits per heavy atom. The summed E-state index contributed by atoms with van der Waals surface area (Å²) in [5, 5.41) is 8.98. The number of esters is 2. The Morgan fingerprint density at radius 3 is 2.55 bits per heavy atom. The second kappa shape index (κ2) is 7.74. The predicted molar refractivity (Wildman–Crippen MR) is 72.2 cm³/mol. The van der Waals surface area contributed by atoms with Gasteiger partial charge in [0.25, 0.3) is 0 Å². The molecular formula is C15H15NO4. The van der Waals surface area contributed by atoms with Crippen molar-refractivity contribution < 1.29 is 19.1 Å². The van der Waals surface area contributed by atoms with Crippen LogP contribution in [-0.2, 0) is 19.1 Å². The number of benzene rings is 1. The van der Waals surface area contributed by atoms with Crippen LogP contribution in [0.25, 0.3) is 6.08 Å². The fourth-order valence-electron chi connectivity index (χ4n) is 1.38. The Bertz CT molecular complexity index is 543. The smallest absolute Gasteiger partial charge is 0.349 e. The fourth-order valence-corrected chi connectivity index (χ4v) is 1.38. The third-order valence-corrected chi connectivity index (χ3v) is 2.35. The first kappa shape index (κ1) is 15.4. The lowest BCUT2D eigenvalue weighted by atomic mass is 10.1. The molecule has 0 unspecified atom stereocenters. The highest BCUT2D eigenvalue weighted by atomic mass is 16.6. The molecule has 1 atom stereocenters. The van der Waals surface area contributed by atoms with Crippen LogP contribution in [0.5, 0.6) is 0 Å². The summed E-state index contributed by atoms with van der Waals surface area (Å²) in [6, 6.07) is 10.7. The molecule has 0 aliphatic rings. The Morgan fingerprint density at radius 1 is 1.35 bits per heavy atom. The Hall–Kier alpha value is -2.61. The maximum Gasteiger partial charge on any atom is 0.349 e. The van der Waals surface area contributed by atoms with Crippen LogP contribution in [0.15, 0.2) is 35.9 Å². The van der Waals surface area contributed by atoms with Crippen molar-refractivity contribution in [3.05, 3.63) is 41.5 Å². The Kier molecular flexibility index (Phi) is 5.98. The summed E-state index contributed by atoms with van der Waals surface area (Å²) in [6.45, 7) is 3.25. The molecule has 5 heteroatoms. The SMILES string of the molecule is CCOC(=O)[C@H](C)OC(=O)/C(C#N)=C/c1ccccc1. The summed E-state index contributed by atoms with van der Waals surface area (Å²) in [5.41, 5.74) is 0.525. The molecule has 1 rings (SSSR count). The summed E-state index contributed by atoms with van der Waals surface area (Å²) < 4.78 is 9.60. The van der Waals surface area contributed by atoms with E-state index in [1.807, 2.05) is 6.07 Å². The number of carbonyl (C=O) groups is 2. The number of hydrogen-bond donors (Lipinski definition) is 0. The summed E-state index contributed by atoms with van der Waals surface area (Å²) in [7, 11) is 0. The molecule has 0 aliphatic carbocycles. The standard InChI is InChI=1S/C15H15NO4/c1-3-19-14(17)11(2)20-15(18)13(10-16)9-12-7-5-4-6-8-12/h4-9,11H,3H2,1-2H3/b13-9+/t11-/m0/s1. The van der Waals surface area contributed by atoms with Gasteiger partial charge in [-0.05, 0) is 25.5 Å². The lowest BCUT2D eigenvalue weighted by Gasteiger charge is -2.11. The van der Waals surface area contributed by atoms with E-state index in [9.17, 15) is 9.59 Å². The predicted octanol–water partition coefficient (Wildman–Crippen LogP) is 2.09. The monoisotopic (exact) mass is 273 g/mol. The van der Waals surface area contributed by atoms with Gasteiger partial charge < -0.3 is 9.47 Å². The van der Waals surface area contributed by atoms with Crippen molar-refractivity contribution in [1.82, 2.24) is 0 Å². The van der Waals surface area contributed by atoms with Gasteiger partial charge >= 0.3 is 11.9 Å². The average Bonchev–Trinajstić information content (AvgIpc) is 2.45. The summed E-state index contributed by atoms with van der Waals surface area (Å²) in [4.78, 5) is 23.1. The average molecular weight is 273 g/mol. The third-order valence-electron chi connectivity index (χ3n) is 2.35. The molecule has 0 radical (unpaired) electrons. The van der Waals surface area contributed by atoms with Crippen LogP contribution in [0.1, 0.15) is 19.4 Å². The van der Waals surface area contributed by atoms with Crippen molar-refractivity contribution in [2.45, 2.75) is 20.0 Å². The van der Waals surface area contributed by atoms with Crippen molar-refractivity contribution in [2.75, 3.05) is 6.61 Å². The van der Waals surface area contributed by atoms with Crippen LogP contribution in [0.4, 0.5) is 0 Å². The van der Waals surface area contributed by atoms with Crippen molar-refractivity contribution in [1.29, 1.82) is 5.26 Å². The van der Waals surface area contributed by atoms with E-state index >= 15 is 0 Å². The minimum absolute atomic E-state index is 0.174. The lowest BCUT2D eigenvalue weighted by Crippen LogP contribution is -2.26. The molecule has 5 nitrogen and oxygen atoms in total.